The number of aryl methyl sites for hydroxylation is 1. The second-order valence-corrected chi connectivity index (χ2v) is 4.04. The molecule has 3 N–H and O–H groups in total. The van der Waals surface area contributed by atoms with Crippen LogP contribution in [0.5, 0.6) is 0 Å². The van der Waals surface area contributed by atoms with E-state index in [-0.39, 0.29) is 12.5 Å². The van der Waals surface area contributed by atoms with Gasteiger partial charge in [0.05, 0.1) is 0 Å². The first-order valence-corrected chi connectivity index (χ1v) is 5.86. The summed E-state index contributed by atoms with van der Waals surface area (Å²) >= 11 is 0. The summed E-state index contributed by atoms with van der Waals surface area (Å²) in [5, 5.41) is 13.4. The highest BCUT2D eigenvalue weighted by Crippen LogP contribution is 2.16. The second-order valence-electron chi connectivity index (χ2n) is 4.04. The van der Waals surface area contributed by atoms with Crippen molar-refractivity contribution in [2.75, 3.05) is 25.6 Å². The van der Waals surface area contributed by atoms with Gasteiger partial charge >= 0.3 is 5.97 Å². The molecule has 1 rings (SSSR count). The molecule has 0 aliphatic heterocycles. The molecule has 0 fully saturated rings. The van der Waals surface area contributed by atoms with Crippen LogP contribution in [0.3, 0.4) is 0 Å². The third-order valence-electron chi connectivity index (χ3n) is 2.46. The number of carboxylic acid groups (broad SMARTS) is 1. The number of carboxylic acids is 1. The minimum Gasteiger partial charge on any atom is -0.480 e. The number of ether oxygens (including phenoxy) is 1. The molecule has 7 nitrogen and oxygen atoms in total. The molecule has 0 saturated heterocycles. The Hall–Kier alpha value is -2.41. The van der Waals surface area contributed by atoms with Gasteiger partial charge in [-0.05, 0) is 24.6 Å². The van der Waals surface area contributed by atoms with E-state index in [1.165, 1.54) is 7.05 Å². The summed E-state index contributed by atoms with van der Waals surface area (Å²) in [5.74, 6) is -1.89. The van der Waals surface area contributed by atoms with Crippen LogP contribution in [0.1, 0.15) is 15.9 Å². The molecule has 7 heteroatoms. The third-order valence-corrected chi connectivity index (χ3v) is 2.46. The van der Waals surface area contributed by atoms with Crippen molar-refractivity contribution in [3.63, 3.8) is 0 Å². The molecule has 0 unspecified atom stereocenters. The normalized spacial score (nSPS) is 9.90. The van der Waals surface area contributed by atoms with Crippen molar-refractivity contribution in [3.05, 3.63) is 29.3 Å². The molecule has 2 amide bonds. The number of rotatable bonds is 6. The van der Waals surface area contributed by atoms with Crippen LogP contribution in [-0.4, -0.2) is 43.2 Å². The highest BCUT2D eigenvalue weighted by atomic mass is 16.5. The number of hydrogen-bond donors (Lipinski definition) is 3. The molecule has 1 aromatic rings. The van der Waals surface area contributed by atoms with E-state index in [0.29, 0.717) is 11.3 Å². The van der Waals surface area contributed by atoms with Gasteiger partial charge in [-0.3, -0.25) is 9.59 Å². The fourth-order valence-corrected chi connectivity index (χ4v) is 1.46. The lowest BCUT2D eigenvalue weighted by Crippen LogP contribution is -2.22. The lowest BCUT2D eigenvalue weighted by molar-refractivity contribution is -0.143. The first-order valence-electron chi connectivity index (χ1n) is 5.86. The Morgan fingerprint density at radius 3 is 2.55 bits per heavy atom. The van der Waals surface area contributed by atoms with E-state index in [9.17, 15) is 14.4 Å². The average molecular weight is 280 g/mol. The van der Waals surface area contributed by atoms with E-state index in [0.717, 1.165) is 5.56 Å². The quantitative estimate of drug-likeness (QED) is 0.699. The number of amides is 2. The predicted molar refractivity (Wildman–Crippen MR) is 71.7 cm³/mol. The van der Waals surface area contributed by atoms with Crippen molar-refractivity contribution in [1.82, 2.24) is 5.32 Å². The molecule has 20 heavy (non-hydrogen) atoms. The summed E-state index contributed by atoms with van der Waals surface area (Å²) in [6.07, 6.45) is 0. The summed E-state index contributed by atoms with van der Waals surface area (Å²) in [6, 6.07) is 4.90. The van der Waals surface area contributed by atoms with Crippen molar-refractivity contribution >= 4 is 23.5 Å². The number of benzene rings is 1. The smallest absolute Gasteiger partial charge is 0.329 e. The number of aliphatic carboxylic acids is 1. The van der Waals surface area contributed by atoms with Crippen LogP contribution in [0, 0.1) is 6.92 Å². The zero-order chi connectivity index (χ0) is 15.1. The van der Waals surface area contributed by atoms with Gasteiger partial charge in [-0.25, -0.2) is 4.79 Å². The van der Waals surface area contributed by atoms with E-state index in [2.05, 4.69) is 15.4 Å². The van der Waals surface area contributed by atoms with Gasteiger partial charge in [0.1, 0.15) is 13.2 Å². The van der Waals surface area contributed by atoms with Crippen molar-refractivity contribution in [3.8, 4) is 0 Å². The van der Waals surface area contributed by atoms with E-state index in [4.69, 9.17) is 5.11 Å². The number of carbonyl (C=O) groups excluding carboxylic acids is 2. The summed E-state index contributed by atoms with van der Waals surface area (Å²) in [7, 11) is 1.51. The standard InChI is InChI=1S/C13H16N2O5/c1-8-3-4-9(13(19)14-2)5-10(8)15-11(16)6-20-7-12(17)18/h3-5H,6-7H2,1-2H3,(H,14,19)(H,15,16)(H,17,18). The molecule has 0 heterocycles. The summed E-state index contributed by atoms with van der Waals surface area (Å²) in [5.41, 5.74) is 1.68. The zero-order valence-corrected chi connectivity index (χ0v) is 11.2. The van der Waals surface area contributed by atoms with Crippen molar-refractivity contribution in [2.45, 2.75) is 6.92 Å². The number of hydrogen-bond acceptors (Lipinski definition) is 4. The fourth-order valence-electron chi connectivity index (χ4n) is 1.46. The van der Waals surface area contributed by atoms with E-state index < -0.39 is 18.5 Å². The Bertz CT molecular complexity index is 527. The van der Waals surface area contributed by atoms with E-state index in [1.54, 1.807) is 25.1 Å². The van der Waals surface area contributed by atoms with Gasteiger partial charge < -0.3 is 20.5 Å². The highest BCUT2D eigenvalue weighted by molar-refractivity contribution is 5.97. The Morgan fingerprint density at radius 2 is 1.95 bits per heavy atom. The minimum atomic E-state index is -1.14. The Kier molecular flexibility index (Phi) is 5.67. The van der Waals surface area contributed by atoms with Crippen LogP contribution < -0.4 is 10.6 Å². The predicted octanol–water partition coefficient (Wildman–Crippen LogP) is 0.394. The van der Waals surface area contributed by atoms with Gasteiger partial charge in [0.25, 0.3) is 5.91 Å². The van der Waals surface area contributed by atoms with Crippen LogP contribution in [0.25, 0.3) is 0 Å². The van der Waals surface area contributed by atoms with Crippen LogP contribution in [0.2, 0.25) is 0 Å². The second kappa shape index (κ2) is 7.25. The maximum Gasteiger partial charge on any atom is 0.329 e. The van der Waals surface area contributed by atoms with Crippen LogP contribution in [0.4, 0.5) is 5.69 Å². The minimum absolute atomic E-state index is 0.261. The molecule has 1 aromatic carbocycles. The first kappa shape index (κ1) is 15.6. The number of carbonyl (C=O) groups is 3. The molecule has 0 bridgehead atoms. The van der Waals surface area contributed by atoms with Gasteiger partial charge in [-0.15, -0.1) is 0 Å². The Morgan fingerprint density at radius 1 is 1.25 bits per heavy atom. The van der Waals surface area contributed by atoms with Gasteiger partial charge in [-0.2, -0.15) is 0 Å². The van der Waals surface area contributed by atoms with E-state index in [1.807, 2.05) is 0 Å². The number of anilines is 1. The van der Waals surface area contributed by atoms with Crippen LogP contribution in [0.15, 0.2) is 18.2 Å². The Labute approximate surface area is 115 Å². The molecule has 0 aliphatic carbocycles. The van der Waals surface area contributed by atoms with Crippen molar-refractivity contribution in [2.24, 2.45) is 0 Å². The van der Waals surface area contributed by atoms with Gasteiger partial charge in [0, 0.05) is 18.3 Å². The van der Waals surface area contributed by atoms with Crippen LogP contribution in [-0.2, 0) is 14.3 Å². The molecule has 108 valence electrons. The molecular formula is C13H16N2O5. The first-order chi connectivity index (χ1) is 9.43. The molecule has 0 atom stereocenters. The molecule has 0 aromatic heterocycles. The topological polar surface area (TPSA) is 105 Å². The summed E-state index contributed by atoms with van der Waals surface area (Å²) in [4.78, 5) is 33.3. The average Bonchev–Trinajstić information content (AvgIpc) is 2.40. The monoisotopic (exact) mass is 280 g/mol. The SMILES string of the molecule is CNC(=O)c1ccc(C)c(NC(=O)COCC(=O)O)c1. The van der Waals surface area contributed by atoms with Crippen molar-refractivity contribution in [1.29, 1.82) is 0 Å². The molecule has 0 spiro atoms. The maximum atomic E-state index is 11.6. The van der Waals surface area contributed by atoms with Gasteiger partial charge in [0.2, 0.25) is 5.91 Å². The van der Waals surface area contributed by atoms with Crippen molar-refractivity contribution < 1.29 is 24.2 Å². The molecule has 0 radical (unpaired) electrons. The molecular weight excluding hydrogens is 264 g/mol. The molecule has 0 aliphatic rings. The summed E-state index contributed by atoms with van der Waals surface area (Å²) in [6.45, 7) is 0.877. The van der Waals surface area contributed by atoms with Crippen LogP contribution >= 0.6 is 0 Å². The lowest BCUT2D eigenvalue weighted by Gasteiger charge is -2.10. The fraction of sp³-hybridized carbons (Fsp3) is 0.308. The third kappa shape index (κ3) is 4.69. The summed E-state index contributed by atoms with van der Waals surface area (Å²) < 4.78 is 4.68. The zero-order valence-electron chi connectivity index (χ0n) is 11.2. The maximum absolute atomic E-state index is 11.6. The molecule has 0 saturated carbocycles. The van der Waals surface area contributed by atoms with Gasteiger partial charge in [0.15, 0.2) is 0 Å². The lowest BCUT2D eigenvalue weighted by atomic mass is 10.1. The van der Waals surface area contributed by atoms with Gasteiger partial charge in [-0.1, -0.05) is 6.07 Å². The van der Waals surface area contributed by atoms with E-state index >= 15 is 0 Å². The highest BCUT2D eigenvalue weighted by Gasteiger charge is 2.09. The Balaban J connectivity index is 2.68. The largest absolute Gasteiger partial charge is 0.480 e. The number of nitrogens with one attached hydrogen (secondary N) is 2.